The van der Waals surface area contributed by atoms with E-state index >= 15 is 0 Å². The molecule has 0 aromatic carbocycles. The molecule has 1 aliphatic heterocycles. The lowest BCUT2D eigenvalue weighted by Gasteiger charge is -2.64. The van der Waals surface area contributed by atoms with E-state index in [0.717, 1.165) is 19.4 Å². The summed E-state index contributed by atoms with van der Waals surface area (Å²) >= 11 is 0. The average Bonchev–Trinajstić information content (AvgIpc) is 2.39. The summed E-state index contributed by atoms with van der Waals surface area (Å²) in [6.07, 6.45) is 4.73. The molecule has 23 heavy (non-hydrogen) atoms. The summed E-state index contributed by atoms with van der Waals surface area (Å²) in [5, 5.41) is 0. The van der Waals surface area contributed by atoms with Gasteiger partial charge in [-0.25, -0.2) is 4.79 Å². The van der Waals surface area contributed by atoms with Gasteiger partial charge in [-0.05, 0) is 26.7 Å². The number of aromatic nitrogens is 1. The molecule has 6 nitrogen and oxygen atoms in total. The number of carbonyl (C=O) groups is 1. The first-order valence-corrected chi connectivity index (χ1v) is 8.08. The van der Waals surface area contributed by atoms with Gasteiger partial charge in [0, 0.05) is 31.6 Å². The summed E-state index contributed by atoms with van der Waals surface area (Å²) < 4.78 is 11.5. The van der Waals surface area contributed by atoms with E-state index in [9.17, 15) is 4.79 Å². The van der Waals surface area contributed by atoms with Crippen LogP contribution in [0, 0.1) is 5.92 Å². The molecule has 1 aromatic heterocycles. The standard InChI is InChI=1S/C17H25N3O3/c1-11-10-20(15(21)23-16(2,3)4)17(11)7-12(8-17)22-14-5-6-19-9-13(14)18/h5-6,9,11-12H,7-8,10,18H2,1-4H3. The molecule has 1 saturated heterocycles. The molecule has 6 heteroatoms. The van der Waals surface area contributed by atoms with Crippen molar-refractivity contribution >= 4 is 11.8 Å². The number of amides is 1. The number of pyridine rings is 1. The first-order chi connectivity index (χ1) is 10.7. The Hall–Kier alpha value is -1.98. The lowest BCUT2D eigenvalue weighted by Crippen LogP contribution is -2.75. The smallest absolute Gasteiger partial charge is 0.410 e. The van der Waals surface area contributed by atoms with E-state index < -0.39 is 5.60 Å². The molecular weight excluding hydrogens is 294 g/mol. The molecule has 2 N–H and O–H groups in total. The second kappa shape index (κ2) is 5.28. The lowest BCUT2D eigenvalue weighted by atomic mass is 9.60. The van der Waals surface area contributed by atoms with E-state index in [1.54, 1.807) is 18.5 Å². The van der Waals surface area contributed by atoms with Gasteiger partial charge in [0.15, 0.2) is 0 Å². The number of ether oxygens (including phenoxy) is 2. The molecule has 1 saturated carbocycles. The van der Waals surface area contributed by atoms with Crippen molar-refractivity contribution in [3.8, 4) is 5.75 Å². The minimum atomic E-state index is -0.470. The zero-order chi connectivity index (χ0) is 16.8. The molecule has 0 bridgehead atoms. The lowest BCUT2D eigenvalue weighted by molar-refractivity contribution is -0.158. The highest BCUT2D eigenvalue weighted by molar-refractivity contribution is 5.71. The number of hydrogen-bond donors (Lipinski definition) is 1. The summed E-state index contributed by atoms with van der Waals surface area (Å²) in [5.74, 6) is 1.13. The maximum atomic E-state index is 12.3. The van der Waals surface area contributed by atoms with Crippen molar-refractivity contribution < 1.29 is 14.3 Å². The fourth-order valence-corrected chi connectivity index (χ4v) is 3.47. The maximum Gasteiger partial charge on any atom is 0.410 e. The highest BCUT2D eigenvalue weighted by Crippen LogP contribution is 2.52. The average molecular weight is 319 g/mol. The van der Waals surface area contributed by atoms with Gasteiger partial charge < -0.3 is 20.1 Å². The van der Waals surface area contributed by atoms with Gasteiger partial charge in [-0.1, -0.05) is 6.92 Å². The molecule has 1 amide bonds. The molecule has 0 radical (unpaired) electrons. The first-order valence-electron chi connectivity index (χ1n) is 8.08. The normalized spacial score (nSPS) is 29.7. The van der Waals surface area contributed by atoms with E-state index in [1.807, 2.05) is 25.7 Å². The number of nitrogen functional groups attached to an aromatic ring is 1. The van der Waals surface area contributed by atoms with E-state index in [2.05, 4.69) is 11.9 Å². The number of anilines is 1. The Labute approximate surface area is 137 Å². The van der Waals surface area contributed by atoms with Crippen LogP contribution in [0.5, 0.6) is 5.75 Å². The predicted molar refractivity (Wildman–Crippen MR) is 87.1 cm³/mol. The van der Waals surface area contributed by atoms with Gasteiger partial charge in [0.1, 0.15) is 17.5 Å². The quantitative estimate of drug-likeness (QED) is 0.907. The summed E-state index contributed by atoms with van der Waals surface area (Å²) in [5.41, 5.74) is 5.82. The van der Waals surface area contributed by atoms with Crippen LogP contribution in [0.15, 0.2) is 18.5 Å². The van der Waals surface area contributed by atoms with Crippen LogP contribution in [0.2, 0.25) is 0 Å². The Morgan fingerprint density at radius 2 is 2.13 bits per heavy atom. The van der Waals surface area contributed by atoms with Gasteiger partial charge in [-0.3, -0.25) is 4.98 Å². The molecule has 1 aromatic rings. The molecule has 2 heterocycles. The second-order valence-electron chi connectivity index (χ2n) is 7.66. The van der Waals surface area contributed by atoms with Crippen molar-refractivity contribution in [2.75, 3.05) is 12.3 Å². The fraction of sp³-hybridized carbons (Fsp3) is 0.647. The summed E-state index contributed by atoms with van der Waals surface area (Å²) in [7, 11) is 0. The Morgan fingerprint density at radius 1 is 1.43 bits per heavy atom. The first kappa shape index (κ1) is 15.9. The van der Waals surface area contributed by atoms with Gasteiger partial charge in [-0.2, -0.15) is 0 Å². The molecule has 3 rings (SSSR count). The van der Waals surface area contributed by atoms with Crippen LogP contribution < -0.4 is 10.5 Å². The van der Waals surface area contributed by atoms with E-state index in [4.69, 9.17) is 15.2 Å². The molecule has 2 aliphatic rings. The Bertz CT molecular complexity index is 605. The van der Waals surface area contributed by atoms with E-state index in [0.29, 0.717) is 17.4 Å². The molecule has 1 spiro atoms. The zero-order valence-electron chi connectivity index (χ0n) is 14.2. The molecule has 1 aliphatic carbocycles. The minimum absolute atomic E-state index is 0.0763. The third-order valence-corrected chi connectivity index (χ3v) is 4.79. The van der Waals surface area contributed by atoms with E-state index in [1.165, 1.54) is 0 Å². The number of likely N-dealkylation sites (tertiary alicyclic amines) is 1. The van der Waals surface area contributed by atoms with Crippen LogP contribution in [0.1, 0.15) is 40.5 Å². The molecule has 1 atom stereocenters. The van der Waals surface area contributed by atoms with Gasteiger partial charge in [0.05, 0.1) is 17.4 Å². The predicted octanol–water partition coefficient (Wildman–Crippen LogP) is 2.83. The van der Waals surface area contributed by atoms with Crippen molar-refractivity contribution in [2.24, 2.45) is 5.92 Å². The van der Waals surface area contributed by atoms with Crippen LogP contribution >= 0.6 is 0 Å². The second-order valence-corrected chi connectivity index (χ2v) is 7.66. The number of carbonyl (C=O) groups excluding carboxylic acids is 1. The third-order valence-electron chi connectivity index (χ3n) is 4.79. The Balaban J connectivity index is 1.61. The van der Waals surface area contributed by atoms with Crippen LogP contribution in [0.4, 0.5) is 10.5 Å². The topological polar surface area (TPSA) is 77.7 Å². The molecule has 1 unspecified atom stereocenters. The fourth-order valence-electron chi connectivity index (χ4n) is 3.47. The highest BCUT2D eigenvalue weighted by Gasteiger charge is 2.62. The minimum Gasteiger partial charge on any atom is -0.488 e. The van der Waals surface area contributed by atoms with Crippen molar-refractivity contribution in [1.82, 2.24) is 9.88 Å². The van der Waals surface area contributed by atoms with Crippen molar-refractivity contribution in [1.29, 1.82) is 0 Å². The number of rotatable bonds is 2. The number of nitrogens with zero attached hydrogens (tertiary/aromatic N) is 2. The third kappa shape index (κ3) is 2.82. The highest BCUT2D eigenvalue weighted by atomic mass is 16.6. The largest absolute Gasteiger partial charge is 0.488 e. The summed E-state index contributed by atoms with van der Waals surface area (Å²) in [6.45, 7) is 8.59. The number of hydrogen-bond acceptors (Lipinski definition) is 5. The van der Waals surface area contributed by atoms with Crippen LogP contribution in [-0.4, -0.2) is 39.8 Å². The van der Waals surface area contributed by atoms with Crippen LogP contribution in [-0.2, 0) is 4.74 Å². The van der Waals surface area contributed by atoms with Gasteiger partial charge in [0.2, 0.25) is 0 Å². The molecular formula is C17H25N3O3. The van der Waals surface area contributed by atoms with Crippen LogP contribution in [0.3, 0.4) is 0 Å². The number of nitrogens with two attached hydrogens (primary N) is 1. The molecule has 126 valence electrons. The van der Waals surface area contributed by atoms with Gasteiger partial charge in [-0.15, -0.1) is 0 Å². The van der Waals surface area contributed by atoms with Gasteiger partial charge >= 0.3 is 6.09 Å². The Kier molecular flexibility index (Phi) is 3.65. The SMILES string of the molecule is CC1CN(C(=O)OC(C)(C)C)C12CC(Oc1ccncc1N)C2. The maximum absolute atomic E-state index is 12.3. The Morgan fingerprint density at radius 3 is 2.70 bits per heavy atom. The zero-order valence-corrected chi connectivity index (χ0v) is 14.2. The summed E-state index contributed by atoms with van der Waals surface area (Å²) in [4.78, 5) is 18.2. The monoisotopic (exact) mass is 319 g/mol. The van der Waals surface area contributed by atoms with E-state index in [-0.39, 0.29) is 17.7 Å². The van der Waals surface area contributed by atoms with Crippen molar-refractivity contribution in [3.05, 3.63) is 18.5 Å². The summed E-state index contributed by atoms with van der Waals surface area (Å²) in [6, 6.07) is 1.77. The van der Waals surface area contributed by atoms with Crippen LogP contribution in [0.25, 0.3) is 0 Å². The van der Waals surface area contributed by atoms with Gasteiger partial charge in [0.25, 0.3) is 0 Å². The van der Waals surface area contributed by atoms with Crippen molar-refractivity contribution in [2.45, 2.75) is 57.8 Å². The molecule has 2 fully saturated rings. The van der Waals surface area contributed by atoms with Crippen molar-refractivity contribution in [3.63, 3.8) is 0 Å².